The first-order valence-corrected chi connectivity index (χ1v) is 11.2. The van der Waals surface area contributed by atoms with Crippen LogP contribution < -0.4 is 20.7 Å². The summed E-state index contributed by atoms with van der Waals surface area (Å²) in [6, 6.07) is 13.6. The minimum Gasteiger partial charge on any atom is -0.473 e. The summed E-state index contributed by atoms with van der Waals surface area (Å²) in [5, 5.41) is 19.5. The van der Waals surface area contributed by atoms with E-state index in [4.69, 9.17) is 17.0 Å². The Labute approximate surface area is 198 Å². The second kappa shape index (κ2) is 12.4. The molecule has 9 nitrogen and oxygen atoms in total. The topological polar surface area (TPSA) is 109 Å². The molecule has 0 unspecified atom stereocenters. The van der Waals surface area contributed by atoms with Crippen LogP contribution in [0.15, 0.2) is 54.6 Å². The third kappa shape index (κ3) is 7.18. The zero-order chi connectivity index (χ0) is 23.5. The van der Waals surface area contributed by atoms with Crippen molar-refractivity contribution in [3.05, 3.63) is 65.0 Å². The number of anilines is 2. The van der Waals surface area contributed by atoms with E-state index < -0.39 is 0 Å². The van der Waals surface area contributed by atoms with Crippen molar-refractivity contribution in [2.45, 2.75) is 26.2 Å². The van der Waals surface area contributed by atoms with Gasteiger partial charge in [0.15, 0.2) is 6.73 Å². The van der Waals surface area contributed by atoms with Gasteiger partial charge >= 0.3 is 0 Å². The maximum absolute atomic E-state index is 11.7. The molecule has 0 atom stereocenters. The molecule has 1 aromatic heterocycles. The van der Waals surface area contributed by atoms with Gasteiger partial charge in [-0.05, 0) is 79.5 Å². The van der Waals surface area contributed by atoms with Crippen molar-refractivity contribution in [2.75, 3.05) is 31.0 Å². The molecule has 3 rings (SSSR count). The van der Waals surface area contributed by atoms with Crippen LogP contribution in [0.4, 0.5) is 11.4 Å². The molecule has 0 fully saturated rings. The molecule has 0 bridgehead atoms. The van der Waals surface area contributed by atoms with Crippen molar-refractivity contribution in [1.82, 2.24) is 25.5 Å². The van der Waals surface area contributed by atoms with Crippen molar-refractivity contribution in [3.8, 4) is 11.4 Å². The Morgan fingerprint density at radius 2 is 2.15 bits per heavy atom. The first kappa shape index (κ1) is 24.0. The number of benzene rings is 2. The van der Waals surface area contributed by atoms with Gasteiger partial charge in [-0.3, -0.25) is 4.79 Å². The zero-order valence-electron chi connectivity index (χ0n) is 18.8. The molecule has 3 aromatic rings. The van der Waals surface area contributed by atoms with Gasteiger partial charge in [-0.15, -0.1) is 0 Å². The van der Waals surface area contributed by atoms with Crippen LogP contribution in [0.5, 0.6) is 5.75 Å². The Morgan fingerprint density at radius 3 is 2.91 bits per heavy atom. The fourth-order valence-electron chi connectivity index (χ4n) is 3.17. The van der Waals surface area contributed by atoms with Crippen molar-refractivity contribution in [3.63, 3.8) is 0 Å². The number of carbonyl (C=O) groups excluding carboxylic acids is 1. The quantitative estimate of drug-likeness (QED) is 0.182. The number of hydrogen-bond donors (Lipinski definition) is 4. The van der Waals surface area contributed by atoms with Crippen LogP contribution in [0.2, 0.25) is 0 Å². The van der Waals surface area contributed by atoms with Gasteiger partial charge in [0.1, 0.15) is 5.75 Å². The molecule has 33 heavy (non-hydrogen) atoms. The lowest BCUT2D eigenvalue weighted by Gasteiger charge is -2.13. The minimum absolute atomic E-state index is 0.0518. The van der Waals surface area contributed by atoms with E-state index in [0.717, 1.165) is 47.6 Å². The summed E-state index contributed by atoms with van der Waals surface area (Å²) in [5.74, 6) is 0.710. The van der Waals surface area contributed by atoms with Crippen LogP contribution in [0.25, 0.3) is 5.69 Å². The summed E-state index contributed by atoms with van der Waals surface area (Å²) in [4.78, 5) is 11.7. The minimum atomic E-state index is -0.0518. The molecular formula is C23H29N7O2S. The summed E-state index contributed by atoms with van der Waals surface area (Å²) in [7, 11) is 1.89. The molecular weight excluding hydrogens is 438 g/mol. The second-order valence-electron chi connectivity index (χ2n) is 7.23. The fourth-order valence-corrected chi connectivity index (χ4v) is 3.36. The number of aryl methyl sites for hydroxylation is 1. The van der Waals surface area contributed by atoms with Gasteiger partial charge in [-0.1, -0.05) is 29.4 Å². The van der Waals surface area contributed by atoms with Crippen molar-refractivity contribution < 1.29 is 9.53 Å². The summed E-state index contributed by atoms with van der Waals surface area (Å²) < 4.78 is 7.89. The van der Waals surface area contributed by atoms with Crippen molar-refractivity contribution in [1.29, 1.82) is 0 Å². The number of nitrogens with one attached hydrogen (secondary N) is 4. The molecule has 0 radical (unpaired) electrons. The summed E-state index contributed by atoms with van der Waals surface area (Å²) in [6.07, 6.45) is 5.97. The average Bonchev–Trinajstić information content (AvgIpc) is 3.26. The highest BCUT2D eigenvalue weighted by atomic mass is 32.1. The number of allylic oxidation sites excluding steroid dienone is 1. The van der Waals surface area contributed by atoms with Gasteiger partial charge in [-0.25, -0.2) is 4.68 Å². The molecule has 4 N–H and O–H groups in total. The zero-order valence-corrected chi connectivity index (χ0v) is 19.6. The highest BCUT2D eigenvalue weighted by Crippen LogP contribution is 2.23. The summed E-state index contributed by atoms with van der Waals surface area (Å²) >= 11 is 5.15. The average molecular weight is 468 g/mol. The van der Waals surface area contributed by atoms with Crippen molar-refractivity contribution in [2.24, 2.45) is 0 Å². The third-order valence-electron chi connectivity index (χ3n) is 4.84. The first-order valence-electron chi connectivity index (χ1n) is 10.8. The number of amides is 1. The molecule has 0 aliphatic rings. The lowest BCUT2D eigenvalue weighted by atomic mass is 10.1. The molecule has 1 amide bonds. The van der Waals surface area contributed by atoms with E-state index in [1.165, 1.54) is 0 Å². The normalized spacial score (nSPS) is 10.8. The van der Waals surface area contributed by atoms with E-state index in [0.29, 0.717) is 18.0 Å². The van der Waals surface area contributed by atoms with Gasteiger partial charge < -0.3 is 20.7 Å². The van der Waals surface area contributed by atoms with Crippen LogP contribution in [0.3, 0.4) is 0 Å². The standard InChI is InChI=1S/C23H29N7O2S/c1-3-13-25-22(31)10-5-4-7-17-14-20(11-12-21(17)24-2)32-16-26-18-8-6-9-19(15-18)30-23(33)27-28-29-30/h5-6,8-12,14-15,24,26H,3-4,7,13,16H2,1-2H3,(H,25,31)(H,27,29,33)/b10-5+. The predicted molar refractivity (Wildman–Crippen MR) is 132 cm³/mol. The first-order chi connectivity index (χ1) is 16.1. The summed E-state index contributed by atoms with van der Waals surface area (Å²) in [5.41, 5.74) is 3.86. The monoisotopic (exact) mass is 467 g/mol. The molecule has 174 valence electrons. The Hall–Kier alpha value is -3.66. The maximum Gasteiger partial charge on any atom is 0.243 e. The van der Waals surface area contributed by atoms with Gasteiger partial charge in [0, 0.05) is 25.0 Å². The third-order valence-corrected chi connectivity index (χ3v) is 5.10. The molecule has 0 saturated carbocycles. The van der Waals surface area contributed by atoms with Gasteiger partial charge in [0.2, 0.25) is 10.7 Å². The Kier molecular flexibility index (Phi) is 9.01. The number of H-pyrrole nitrogens is 1. The van der Waals surface area contributed by atoms with Crippen LogP contribution in [0.1, 0.15) is 25.3 Å². The molecule has 0 spiro atoms. The molecule has 10 heteroatoms. The molecule has 0 aliphatic carbocycles. The van der Waals surface area contributed by atoms with Crippen molar-refractivity contribution >= 4 is 29.5 Å². The number of aromatic amines is 1. The molecule has 2 aromatic carbocycles. The Balaban J connectivity index is 1.55. The van der Waals surface area contributed by atoms with Gasteiger partial charge in [0.05, 0.1) is 5.69 Å². The van der Waals surface area contributed by atoms with E-state index >= 15 is 0 Å². The number of carbonyl (C=O) groups is 1. The fraction of sp³-hybridized carbons (Fsp3) is 0.304. The van der Waals surface area contributed by atoms with E-state index in [2.05, 4.69) is 31.5 Å². The number of nitrogens with zero attached hydrogens (tertiary/aromatic N) is 3. The number of rotatable bonds is 12. The van der Waals surface area contributed by atoms with Crippen LogP contribution in [-0.4, -0.2) is 46.4 Å². The molecule has 0 saturated heterocycles. The highest BCUT2D eigenvalue weighted by molar-refractivity contribution is 7.71. The second-order valence-corrected chi connectivity index (χ2v) is 7.60. The maximum atomic E-state index is 11.7. The smallest absolute Gasteiger partial charge is 0.243 e. The Bertz CT molecular complexity index is 1140. The van der Waals surface area contributed by atoms with Crippen LogP contribution in [-0.2, 0) is 11.2 Å². The predicted octanol–water partition coefficient (Wildman–Crippen LogP) is 3.83. The van der Waals surface area contributed by atoms with Crippen LogP contribution >= 0.6 is 12.2 Å². The van der Waals surface area contributed by atoms with E-state index in [1.54, 1.807) is 10.8 Å². The van der Waals surface area contributed by atoms with Gasteiger partial charge in [0.25, 0.3) is 0 Å². The highest BCUT2D eigenvalue weighted by Gasteiger charge is 2.05. The Morgan fingerprint density at radius 1 is 1.27 bits per heavy atom. The number of hydrogen-bond acceptors (Lipinski definition) is 7. The molecule has 1 heterocycles. The van der Waals surface area contributed by atoms with Gasteiger partial charge in [-0.2, -0.15) is 5.21 Å². The van der Waals surface area contributed by atoms with E-state index in [1.807, 2.05) is 62.5 Å². The molecule has 0 aliphatic heterocycles. The lowest BCUT2D eigenvalue weighted by molar-refractivity contribution is -0.116. The lowest BCUT2D eigenvalue weighted by Crippen LogP contribution is -2.21. The largest absolute Gasteiger partial charge is 0.473 e. The SMILES string of the molecule is CCCNC(=O)/C=C/CCc1cc(OCNc2cccc(-n3[nH]nnc3=S)c2)ccc1NC. The van der Waals surface area contributed by atoms with Crippen LogP contribution in [0, 0.1) is 4.77 Å². The van der Waals surface area contributed by atoms with E-state index in [-0.39, 0.29) is 5.91 Å². The summed E-state index contributed by atoms with van der Waals surface area (Å²) in [6.45, 7) is 3.02. The number of tetrazole rings is 1. The number of ether oxygens (including phenoxy) is 1. The van der Waals surface area contributed by atoms with E-state index in [9.17, 15) is 4.79 Å². The number of aromatic nitrogens is 4.